The average molecular weight is 781 g/mol. The second kappa shape index (κ2) is 15.9. The second-order valence-electron chi connectivity index (χ2n) is 11.1. The Labute approximate surface area is 304 Å². The van der Waals surface area contributed by atoms with Crippen LogP contribution >= 0.6 is 34.6 Å². The molecule has 2 aliphatic rings. The van der Waals surface area contributed by atoms with Crippen LogP contribution in [-0.2, 0) is 48.0 Å². The summed E-state index contributed by atoms with van der Waals surface area (Å²) in [5.41, 5.74) is 0.324. The number of nitrogens with one attached hydrogen (secondary N) is 3. The number of thiazole rings is 1. The number of rotatable bonds is 16. The summed E-state index contributed by atoms with van der Waals surface area (Å²) < 4.78 is 9.04. The average Bonchev–Trinajstić information content (AvgIpc) is 3.71. The van der Waals surface area contributed by atoms with Crippen molar-refractivity contribution in [2.75, 3.05) is 30.0 Å². The zero-order chi connectivity index (χ0) is 38.4. The van der Waals surface area contributed by atoms with E-state index in [0.29, 0.717) is 17.9 Å². The van der Waals surface area contributed by atoms with Gasteiger partial charge in [0.05, 0.1) is 0 Å². The SMILES string of the molecule is C=CC1=C(C(=O)O)N2C(=O)C(NC(=O)/C(=N/OCC(=O)OC(C)(C)C)c3csc(NC=O)n3)(NC(=O)/C(=N/OCC(=O)O)c3nsc(N)n3)[C@H]2SC1. The Hall–Kier alpha value is -5.95. The first kappa shape index (κ1) is 38.8. The number of carboxylic acid groups (broad SMARTS) is 2. The third-order valence-electron chi connectivity index (χ3n) is 6.29. The molecule has 2 aromatic heterocycles. The van der Waals surface area contributed by atoms with Gasteiger partial charge in [-0.15, -0.1) is 23.1 Å². The van der Waals surface area contributed by atoms with Crippen LogP contribution in [0, 0.1) is 0 Å². The zero-order valence-electron chi connectivity index (χ0n) is 27.1. The fourth-order valence-electron chi connectivity index (χ4n) is 4.37. The molecule has 25 heteroatoms. The summed E-state index contributed by atoms with van der Waals surface area (Å²) in [5.74, 6) is -8.01. The number of allylic oxidation sites excluding steroid dienone is 1. The number of ether oxygens (including phenoxy) is 1. The first-order chi connectivity index (χ1) is 24.5. The van der Waals surface area contributed by atoms with Crippen molar-refractivity contribution in [3.8, 4) is 0 Å². The van der Waals surface area contributed by atoms with Crippen molar-refractivity contribution in [2.24, 2.45) is 10.3 Å². The Kier molecular flexibility index (Phi) is 11.9. The predicted molar refractivity (Wildman–Crippen MR) is 182 cm³/mol. The number of esters is 1. The summed E-state index contributed by atoms with van der Waals surface area (Å²) in [7, 11) is 0. The van der Waals surface area contributed by atoms with E-state index in [2.05, 4.69) is 47.2 Å². The molecule has 2 atom stereocenters. The van der Waals surface area contributed by atoms with Crippen LogP contribution in [0.2, 0.25) is 0 Å². The Morgan fingerprint density at radius 1 is 1.12 bits per heavy atom. The molecule has 0 aromatic carbocycles. The number of β-lactam (4-membered cyclic amide) rings is 1. The van der Waals surface area contributed by atoms with Crippen LogP contribution in [0.3, 0.4) is 0 Å². The Morgan fingerprint density at radius 3 is 2.35 bits per heavy atom. The molecule has 0 bridgehead atoms. The van der Waals surface area contributed by atoms with Gasteiger partial charge in [-0.25, -0.2) is 19.4 Å². The van der Waals surface area contributed by atoms with E-state index in [1.807, 2.05) is 0 Å². The van der Waals surface area contributed by atoms with Gasteiger partial charge in [0.15, 0.2) is 16.0 Å². The number of carbonyl (C=O) groups excluding carboxylic acids is 5. The summed E-state index contributed by atoms with van der Waals surface area (Å²) in [6, 6.07) is 0. The molecule has 2 aliphatic heterocycles. The molecule has 1 fully saturated rings. The van der Waals surface area contributed by atoms with Gasteiger partial charge in [-0.05, 0) is 26.3 Å². The molecular weight excluding hydrogens is 753 g/mol. The first-order valence-corrected chi connectivity index (χ1v) is 17.0. The van der Waals surface area contributed by atoms with Gasteiger partial charge in [-0.3, -0.25) is 24.1 Å². The fourth-order valence-corrected chi connectivity index (χ4v) is 6.87. The summed E-state index contributed by atoms with van der Waals surface area (Å²) in [4.78, 5) is 107. The number of oxime groups is 2. The van der Waals surface area contributed by atoms with Crippen LogP contribution in [0.25, 0.3) is 0 Å². The molecule has 2 aromatic rings. The van der Waals surface area contributed by atoms with E-state index in [4.69, 9.17) is 25.3 Å². The standard InChI is InChI=1S/C27H28N10O12S3/c1-5-11-8-50-23-27(22(46)37(23)17(11)21(44)45,33-20(43)16(35-47-6-13(39)40)18-31-24(28)52-36-18)32-19(42)15(12-9-51-25(30-12)29-10-38)34-48-7-14(41)49-26(2,3)4/h5,9-10,23H,1,6-8H2,2-4H3,(H,32,42)(H,33,43)(H,39,40)(H,44,45)(H2,28,31,36)(H,29,30,38)/b34-15+,35-16+/t23-,27?/m1/s1. The highest BCUT2D eigenvalue weighted by Gasteiger charge is 2.67. The Morgan fingerprint density at radius 2 is 1.77 bits per heavy atom. The molecule has 0 radical (unpaired) electrons. The number of amides is 4. The number of fused-ring (bicyclic) bond motifs is 1. The molecule has 22 nitrogen and oxygen atoms in total. The van der Waals surface area contributed by atoms with E-state index in [9.17, 15) is 38.7 Å². The lowest BCUT2D eigenvalue weighted by atomic mass is 9.93. The van der Waals surface area contributed by atoms with E-state index >= 15 is 0 Å². The molecule has 276 valence electrons. The van der Waals surface area contributed by atoms with Gasteiger partial charge in [-0.2, -0.15) is 9.36 Å². The minimum atomic E-state index is -2.48. The minimum Gasteiger partial charge on any atom is -0.479 e. The molecule has 4 amide bonds. The van der Waals surface area contributed by atoms with Crippen molar-refractivity contribution in [1.29, 1.82) is 0 Å². The second-order valence-corrected chi connectivity index (χ2v) is 13.8. The molecule has 4 heterocycles. The van der Waals surface area contributed by atoms with Crippen LogP contribution < -0.4 is 21.7 Å². The highest BCUT2D eigenvalue weighted by molar-refractivity contribution is 8.00. The molecule has 7 N–H and O–H groups in total. The third-order valence-corrected chi connectivity index (χ3v) is 8.96. The highest BCUT2D eigenvalue weighted by atomic mass is 32.2. The number of hydrogen-bond acceptors (Lipinski definition) is 19. The van der Waals surface area contributed by atoms with Crippen molar-refractivity contribution in [3.05, 3.63) is 40.8 Å². The monoisotopic (exact) mass is 780 g/mol. The largest absolute Gasteiger partial charge is 0.479 e. The van der Waals surface area contributed by atoms with E-state index < -0.39 is 88.4 Å². The van der Waals surface area contributed by atoms with Crippen molar-refractivity contribution in [1.82, 2.24) is 29.9 Å². The summed E-state index contributed by atoms with van der Waals surface area (Å²) in [6.45, 7) is 6.63. The van der Waals surface area contributed by atoms with Gasteiger partial charge < -0.3 is 46.3 Å². The zero-order valence-corrected chi connectivity index (χ0v) is 29.5. The molecule has 1 unspecified atom stereocenters. The van der Waals surface area contributed by atoms with Crippen molar-refractivity contribution < 1.29 is 58.2 Å². The number of carboxylic acids is 2. The number of anilines is 2. The number of aliphatic carboxylic acids is 2. The maximum absolute atomic E-state index is 14.1. The third kappa shape index (κ3) is 8.67. The molecular formula is C27H28N10O12S3. The molecule has 52 heavy (non-hydrogen) atoms. The number of thioether (sulfide) groups is 1. The normalized spacial score (nSPS) is 18.7. The van der Waals surface area contributed by atoms with Gasteiger partial charge in [0, 0.05) is 22.7 Å². The van der Waals surface area contributed by atoms with Crippen LogP contribution in [-0.4, -0.2) is 119 Å². The topological polar surface area (TPSA) is 316 Å². The molecule has 0 spiro atoms. The molecule has 0 saturated carbocycles. The summed E-state index contributed by atoms with van der Waals surface area (Å²) in [5, 5.41) is 33.0. The molecule has 4 rings (SSSR count). The van der Waals surface area contributed by atoms with Gasteiger partial charge in [-0.1, -0.05) is 23.0 Å². The minimum absolute atomic E-state index is 0.0137. The van der Waals surface area contributed by atoms with Gasteiger partial charge in [0.1, 0.15) is 22.4 Å². The Bertz CT molecular complexity index is 1920. The maximum Gasteiger partial charge on any atom is 0.352 e. The number of nitrogens with two attached hydrogens (primary N) is 1. The predicted octanol–water partition coefficient (Wildman–Crippen LogP) is -0.918. The van der Waals surface area contributed by atoms with Crippen LogP contribution in [0.5, 0.6) is 0 Å². The Balaban J connectivity index is 1.77. The maximum atomic E-state index is 14.1. The quantitative estimate of drug-likeness (QED) is 0.0300. The molecule has 1 saturated heterocycles. The van der Waals surface area contributed by atoms with Gasteiger partial charge in [0.2, 0.25) is 36.8 Å². The van der Waals surface area contributed by atoms with E-state index in [1.165, 1.54) is 11.5 Å². The lowest BCUT2D eigenvalue weighted by Crippen LogP contribution is -2.86. The lowest BCUT2D eigenvalue weighted by molar-refractivity contribution is -0.162. The fraction of sp³-hybridized carbons (Fsp3) is 0.333. The summed E-state index contributed by atoms with van der Waals surface area (Å²) in [6.07, 6.45) is 1.56. The van der Waals surface area contributed by atoms with Gasteiger partial charge in [0.25, 0.3) is 17.7 Å². The van der Waals surface area contributed by atoms with Crippen LogP contribution in [0.15, 0.2) is 39.6 Å². The van der Waals surface area contributed by atoms with E-state index in [0.717, 1.165) is 28.0 Å². The van der Waals surface area contributed by atoms with Gasteiger partial charge >= 0.3 is 17.9 Å². The summed E-state index contributed by atoms with van der Waals surface area (Å²) >= 11 is 2.44. The van der Waals surface area contributed by atoms with Crippen LogP contribution in [0.4, 0.5) is 10.3 Å². The molecule has 0 aliphatic carbocycles. The van der Waals surface area contributed by atoms with Crippen LogP contribution in [0.1, 0.15) is 32.3 Å². The number of nitrogens with zero attached hydrogens (tertiary/aromatic N) is 6. The number of nitrogen functional groups attached to an aromatic ring is 1. The van der Waals surface area contributed by atoms with E-state index in [-0.39, 0.29) is 27.3 Å². The number of aromatic nitrogens is 3. The lowest BCUT2D eigenvalue weighted by Gasteiger charge is -2.56. The van der Waals surface area contributed by atoms with Crippen molar-refractivity contribution in [3.63, 3.8) is 0 Å². The first-order valence-electron chi connectivity index (χ1n) is 14.3. The smallest absolute Gasteiger partial charge is 0.352 e. The highest BCUT2D eigenvalue weighted by Crippen LogP contribution is 2.45. The number of hydrogen-bond donors (Lipinski definition) is 6. The van der Waals surface area contributed by atoms with E-state index in [1.54, 1.807) is 20.8 Å². The van der Waals surface area contributed by atoms with Crippen molar-refractivity contribution in [2.45, 2.75) is 37.4 Å². The number of carbonyl (C=O) groups is 7. The van der Waals surface area contributed by atoms with Crippen molar-refractivity contribution >= 4 is 98.4 Å².